The summed E-state index contributed by atoms with van der Waals surface area (Å²) in [5, 5.41) is 0. The van der Waals surface area contributed by atoms with Gasteiger partial charge in [-0.05, 0) is 24.3 Å². The number of hydrogen-bond donors (Lipinski definition) is 0. The molecule has 0 amide bonds. The summed E-state index contributed by atoms with van der Waals surface area (Å²) < 4.78 is 15.3. The molecule has 2 radical (unpaired) electrons. The summed E-state index contributed by atoms with van der Waals surface area (Å²) in [6, 6.07) is 18.7. The highest BCUT2D eigenvalue weighted by atomic mass is 16.6. The fraction of sp³-hybridized carbons (Fsp3) is 0. The monoisotopic (exact) mass is 224 g/mol. The predicted molar refractivity (Wildman–Crippen MR) is 66.7 cm³/mol. The summed E-state index contributed by atoms with van der Waals surface area (Å²) in [4.78, 5) is 0. The molecule has 2 aromatic rings. The van der Waals surface area contributed by atoms with E-state index in [0.717, 1.165) is 0 Å². The number of rotatable bonds is 6. The van der Waals surface area contributed by atoms with Crippen molar-refractivity contribution in [3.63, 3.8) is 0 Å². The largest absolute Gasteiger partial charge is 0.558 e. The standard InChI is InChI=1S/C12H10B2O3/c1-3-7-11(8-4-1)15-13-17-14-16-12-9-5-2-6-10-12/h1-10H. The minimum Gasteiger partial charge on any atom is -0.538 e. The summed E-state index contributed by atoms with van der Waals surface area (Å²) in [6.45, 7) is 0. The van der Waals surface area contributed by atoms with Crippen LogP contribution >= 0.6 is 0 Å². The summed E-state index contributed by atoms with van der Waals surface area (Å²) in [5.41, 5.74) is 0. The third-order valence-corrected chi connectivity index (χ3v) is 1.97. The molecule has 0 aromatic heterocycles. The molecule has 2 rings (SSSR count). The Morgan fingerprint density at radius 3 is 1.41 bits per heavy atom. The highest BCUT2D eigenvalue weighted by Crippen LogP contribution is 2.08. The van der Waals surface area contributed by atoms with Gasteiger partial charge in [-0.25, -0.2) is 0 Å². The highest BCUT2D eigenvalue weighted by Gasteiger charge is 2.02. The smallest absolute Gasteiger partial charge is 0.538 e. The van der Waals surface area contributed by atoms with Gasteiger partial charge >= 0.3 is 15.4 Å². The van der Waals surface area contributed by atoms with Crippen LogP contribution in [0, 0.1) is 0 Å². The number of para-hydroxylation sites is 2. The second-order valence-electron chi connectivity index (χ2n) is 3.19. The summed E-state index contributed by atoms with van der Waals surface area (Å²) in [6.07, 6.45) is 0. The van der Waals surface area contributed by atoms with Gasteiger partial charge in [0, 0.05) is 0 Å². The van der Waals surface area contributed by atoms with Crippen LogP contribution in [0.2, 0.25) is 0 Å². The van der Waals surface area contributed by atoms with Crippen LogP contribution in [0.25, 0.3) is 0 Å². The Morgan fingerprint density at radius 2 is 1.00 bits per heavy atom. The Balaban J connectivity index is 1.61. The van der Waals surface area contributed by atoms with Crippen LogP contribution in [0.1, 0.15) is 0 Å². The van der Waals surface area contributed by atoms with E-state index < -0.39 is 0 Å². The van der Waals surface area contributed by atoms with Crippen LogP contribution in [0.5, 0.6) is 11.5 Å². The van der Waals surface area contributed by atoms with E-state index in [1.54, 1.807) is 0 Å². The Labute approximate surface area is 102 Å². The van der Waals surface area contributed by atoms with Crippen molar-refractivity contribution in [3.8, 4) is 11.5 Å². The molecule has 0 unspecified atom stereocenters. The van der Waals surface area contributed by atoms with E-state index in [1.165, 1.54) is 15.4 Å². The van der Waals surface area contributed by atoms with Crippen LogP contribution in [0.15, 0.2) is 60.7 Å². The Bertz CT molecular complexity index is 381. The molecule has 0 saturated heterocycles. The molecule has 0 fully saturated rings. The molecule has 0 aliphatic carbocycles. The average Bonchev–Trinajstić information content (AvgIpc) is 2.41. The van der Waals surface area contributed by atoms with Gasteiger partial charge in [0.15, 0.2) is 0 Å². The lowest BCUT2D eigenvalue weighted by Crippen LogP contribution is -2.15. The van der Waals surface area contributed by atoms with Crippen molar-refractivity contribution in [1.82, 2.24) is 0 Å². The molecular weight excluding hydrogens is 214 g/mol. The van der Waals surface area contributed by atoms with Crippen molar-refractivity contribution in [2.45, 2.75) is 0 Å². The zero-order valence-electron chi connectivity index (χ0n) is 9.15. The first-order valence-corrected chi connectivity index (χ1v) is 5.17. The van der Waals surface area contributed by atoms with Crippen molar-refractivity contribution >= 4 is 15.4 Å². The molecule has 0 spiro atoms. The van der Waals surface area contributed by atoms with Crippen LogP contribution in [-0.2, 0) is 4.57 Å². The molecule has 5 heteroatoms. The SMILES string of the molecule is [B](O[B]Oc1ccccc1)Oc1ccccc1. The maximum Gasteiger partial charge on any atom is 0.558 e. The Hall–Kier alpha value is -1.87. The van der Waals surface area contributed by atoms with Crippen LogP contribution < -0.4 is 9.31 Å². The third-order valence-electron chi connectivity index (χ3n) is 1.97. The Kier molecular flexibility index (Phi) is 4.55. The van der Waals surface area contributed by atoms with E-state index in [4.69, 9.17) is 13.9 Å². The zero-order valence-corrected chi connectivity index (χ0v) is 9.15. The van der Waals surface area contributed by atoms with Crippen molar-refractivity contribution in [3.05, 3.63) is 60.7 Å². The third kappa shape index (κ3) is 4.25. The van der Waals surface area contributed by atoms with Crippen molar-refractivity contribution in [2.75, 3.05) is 0 Å². The van der Waals surface area contributed by atoms with Crippen molar-refractivity contribution in [1.29, 1.82) is 0 Å². The lowest BCUT2D eigenvalue weighted by atomic mass is 10.2. The average molecular weight is 224 g/mol. The fourth-order valence-corrected chi connectivity index (χ4v) is 1.19. The molecule has 0 saturated carbocycles. The molecule has 2 aromatic carbocycles. The Morgan fingerprint density at radius 1 is 0.588 bits per heavy atom. The normalized spacial score (nSPS) is 9.41. The van der Waals surface area contributed by atoms with Gasteiger partial charge in [0.25, 0.3) is 0 Å². The van der Waals surface area contributed by atoms with Crippen LogP contribution in [0.3, 0.4) is 0 Å². The van der Waals surface area contributed by atoms with E-state index in [1.807, 2.05) is 60.7 Å². The lowest BCUT2D eigenvalue weighted by Gasteiger charge is -2.05. The molecular formula is C12H10B2O3. The van der Waals surface area contributed by atoms with Gasteiger partial charge in [-0.2, -0.15) is 0 Å². The summed E-state index contributed by atoms with van der Waals surface area (Å²) in [7, 11) is 2.41. The van der Waals surface area contributed by atoms with Gasteiger partial charge in [0.2, 0.25) is 0 Å². The summed E-state index contributed by atoms with van der Waals surface area (Å²) >= 11 is 0. The minimum atomic E-state index is 0.709. The molecule has 82 valence electrons. The van der Waals surface area contributed by atoms with Crippen LogP contribution in [-0.4, -0.2) is 15.4 Å². The second-order valence-corrected chi connectivity index (χ2v) is 3.19. The topological polar surface area (TPSA) is 27.7 Å². The quantitative estimate of drug-likeness (QED) is 0.556. The first-order chi connectivity index (χ1) is 8.45. The first-order valence-electron chi connectivity index (χ1n) is 5.17. The fourth-order valence-electron chi connectivity index (χ4n) is 1.19. The maximum absolute atomic E-state index is 5.19. The molecule has 0 atom stereocenters. The number of benzene rings is 2. The van der Waals surface area contributed by atoms with E-state index in [2.05, 4.69) is 0 Å². The minimum absolute atomic E-state index is 0.709. The van der Waals surface area contributed by atoms with Crippen molar-refractivity contribution in [2.24, 2.45) is 0 Å². The number of hydrogen-bond acceptors (Lipinski definition) is 3. The molecule has 0 N–H and O–H groups in total. The van der Waals surface area contributed by atoms with Crippen LogP contribution in [0.4, 0.5) is 0 Å². The molecule has 0 aliphatic rings. The molecule has 0 aliphatic heterocycles. The molecule has 0 heterocycles. The van der Waals surface area contributed by atoms with E-state index in [-0.39, 0.29) is 0 Å². The predicted octanol–water partition coefficient (Wildman–Crippen LogP) is 2.23. The van der Waals surface area contributed by atoms with Gasteiger partial charge in [-0.3, -0.25) is 0 Å². The molecule has 0 bridgehead atoms. The zero-order chi connectivity index (χ0) is 11.8. The highest BCUT2D eigenvalue weighted by molar-refractivity contribution is 6.35. The van der Waals surface area contributed by atoms with E-state index in [9.17, 15) is 0 Å². The molecule has 3 nitrogen and oxygen atoms in total. The van der Waals surface area contributed by atoms with Gasteiger partial charge in [-0.1, -0.05) is 36.4 Å². The van der Waals surface area contributed by atoms with Gasteiger partial charge in [0.05, 0.1) is 11.5 Å². The van der Waals surface area contributed by atoms with E-state index >= 15 is 0 Å². The van der Waals surface area contributed by atoms with E-state index in [0.29, 0.717) is 11.5 Å². The molecule has 17 heavy (non-hydrogen) atoms. The van der Waals surface area contributed by atoms with Gasteiger partial charge in [-0.15, -0.1) is 0 Å². The lowest BCUT2D eigenvalue weighted by molar-refractivity contribution is 0.417. The second kappa shape index (κ2) is 6.66. The maximum atomic E-state index is 5.19. The first kappa shape index (κ1) is 11.6. The van der Waals surface area contributed by atoms with Gasteiger partial charge in [0.1, 0.15) is 0 Å². The van der Waals surface area contributed by atoms with Crippen molar-refractivity contribution < 1.29 is 13.9 Å². The summed E-state index contributed by atoms with van der Waals surface area (Å²) in [5.74, 6) is 1.42. The van der Waals surface area contributed by atoms with Gasteiger partial charge < -0.3 is 13.9 Å².